The standard InChI is InChI=1S/C25H28N6OS/c1-19(24(32)27-22-13-7-6-12-21(22)16-26)33-25-29-28-23(18-30-14-8-3-9-15-30)31(25)17-20-10-4-2-5-11-20/h2,4-7,10-13,19H,3,8-9,14-15,17-18H2,1H3,(H,27,32)/t19-/m0/s1. The average molecular weight is 461 g/mol. The maximum atomic E-state index is 12.9. The normalized spacial score (nSPS) is 15.0. The van der Waals surface area contributed by atoms with Crippen LogP contribution in [0.2, 0.25) is 0 Å². The fourth-order valence-corrected chi connectivity index (χ4v) is 4.77. The Kier molecular flexibility index (Phi) is 7.76. The Morgan fingerprint density at radius 3 is 2.55 bits per heavy atom. The van der Waals surface area contributed by atoms with Crippen LogP contribution >= 0.6 is 11.8 Å². The molecule has 1 fully saturated rings. The van der Waals surface area contributed by atoms with Gasteiger partial charge >= 0.3 is 0 Å². The molecule has 0 saturated carbocycles. The highest BCUT2D eigenvalue weighted by atomic mass is 32.2. The Morgan fingerprint density at radius 2 is 1.79 bits per heavy atom. The van der Waals surface area contributed by atoms with Crippen molar-refractivity contribution in [3.8, 4) is 6.07 Å². The molecule has 2 heterocycles. The molecule has 33 heavy (non-hydrogen) atoms. The minimum absolute atomic E-state index is 0.172. The summed E-state index contributed by atoms with van der Waals surface area (Å²) in [4.78, 5) is 15.3. The number of rotatable bonds is 8. The molecule has 1 amide bonds. The monoisotopic (exact) mass is 460 g/mol. The number of benzene rings is 2. The van der Waals surface area contributed by atoms with Gasteiger partial charge in [-0.1, -0.05) is 60.6 Å². The highest BCUT2D eigenvalue weighted by Gasteiger charge is 2.22. The molecule has 1 atom stereocenters. The highest BCUT2D eigenvalue weighted by Crippen LogP contribution is 2.26. The number of para-hydroxylation sites is 1. The van der Waals surface area contributed by atoms with Crippen LogP contribution in [0.5, 0.6) is 0 Å². The van der Waals surface area contributed by atoms with Crippen LogP contribution in [-0.2, 0) is 17.9 Å². The largest absolute Gasteiger partial charge is 0.324 e. The Balaban J connectivity index is 1.51. The first-order valence-electron chi connectivity index (χ1n) is 11.3. The van der Waals surface area contributed by atoms with E-state index in [1.54, 1.807) is 24.3 Å². The Morgan fingerprint density at radius 1 is 1.06 bits per heavy atom. The predicted molar refractivity (Wildman–Crippen MR) is 130 cm³/mol. The third-order valence-electron chi connectivity index (χ3n) is 5.75. The number of nitriles is 1. The van der Waals surface area contributed by atoms with Gasteiger partial charge in [0.15, 0.2) is 5.16 Å². The lowest BCUT2D eigenvalue weighted by atomic mass is 10.1. The zero-order valence-corrected chi connectivity index (χ0v) is 19.6. The average Bonchev–Trinajstić information content (AvgIpc) is 3.21. The molecule has 0 radical (unpaired) electrons. The molecule has 4 rings (SSSR count). The van der Waals surface area contributed by atoms with Gasteiger partial charge in [-0.3, -0.25) is 9.69 Å². The second-order valence-corrected chi connectivity index (χ2v) is 9.52. The molecule has 170 valence electrons. The van der Waals surface area contributed by atoms with E-state index in [1.807, 2.05) is 25.1 Å². The number of carbonyl (C=O) groups excluding carboxylic acids is 1. The minimum atomic E-state index is -0.404. The zero-order chi connectivity index (χ0) is 23.0. The molecule has 1 aliphatic heterocycles. The number of nitrogens with zero attached hydrogens (tertiary/aromatic N) is 5. The molecule has 1 aromatic heterocycles. The van der Waals surface area contributed by atoms with Crippen LogP contribution in [0.3, 0.4) is 0 Å². The van der Waals surface area contributed by atoms with E-state index in [0.29, 0.717) is 17.8 Å². The van der Waals surface area contributed by atoms with Crippen LogP contribution in [0.25, 0.3) is 0 Å². The van der Waals surface area contributed by atoms with Gasteiger partial charge in [0.1, 0.15) is 11.9 Å². The number of carbonyl (C=O) groups is 1. The lowest BCUT2D eigenvalue weighted by Crippen LogP contribution is -2.30. The molecule has 1 N–H and O–H groups in total. The van der Waals surface area contributed by atoms with E-state index in [9.17, 15) is 10.1 Å². The number of hydrogen-bond acceptors (Lipinski definition) is 6. The number of piperidine rings is 1. The molecule has 2 aromatic carbocycles. The first-order chi connectivity index (χ1) is 16.1. The van der Waals surface area contributed by atoms with Gasteiger partial charge in [-0.25, -0.2) is 0 Å². The Labute approximate surface area is 198 Å². The van der Waals surface area contributed by atoms with Crippen LogP contribution in [0.15, 0.2) is 59.8 Å². The second-order valence-electron chi connectivity index (χ2n) is 8.21. The zero-order valence-electron chi connectivity index (χ0n) is 18.8. The van der Waals surface area contributed by atoms with E-state index in [4.69, 9.17) is 0 Å². The number of likely N-dealkylation sites (tertiary alicyclic amines) is 1. The fourth-order valence-electron chi connectivity index (χ4n) is 3.90. The Hall–Kier alpha value is -3.15. The lowest BCUT2D eigenvalue weighted by Gasteiger charge is -2.26. The van der Waals surface area contributed by atoms with Crippen molar-refractivity contribution in [2.45, 2.75) is 49.7 Å². The Bertz CT molecular complexity index is 1120. The van der Waals surface area contributed by atoms with Gasteiger partial charge in [0.25, 0.3) is 0 Å². The number of aromatic nitrogens is 3. The van der Waals surface area contributed by atoms with E-state index in [0.717, 1.165) is 30.6 Å². The number of anilines is 1. The summed E-state index contributed by atoms with van der Waals surface area (Å²) >= 11 is 1.39. The van der Waals surface area contributed by atoms with Crippen LogP contribution in [-0.4, -0.2) is 43.9 Å². The highest BCUT2D eigenvalue weighted by molar-refractivity contribution is 8.00. The SMILES string of the molecule is C[C@H](Sc1nnc(CN2CCCCC2)n1Cc1ccccc1)C(=O)Nc1ccccc1C#N. The molecule has 0 spiro atoms. The maximum absolute atomic E-state index is 12.9. The van der Waals surface area contributed by atoms with Crippen molar-refractivity contribution in [1.29, 1.82) is 5.26 Å². The number of thioether (sulfide) groups is 1. The van der Waals surface area contributed by atoms with E-state index in [2.05, 4.69) is 43.2 Å². The van der Waals surface area contributed by atoms with Gasteiger partial charge in [-0.15, -0.1) is 10.2 Å². The van der Waals surface area contributed by atoms with Crippen molar-refractivity contribution in [1.82, 2.24) is 19.7 Å². The fraction of sp³-hybridized carbons (Fsp3) is 0.360. The third kappa shape index (κ3) is 6.01. The van der Waals surface area contributed by atoms with Crippen molar-refractivity contribution in [3.63, 3.8) is 0 Å². The van der Waals surface area contributed by atoms with Gasteiger partial charge in [0, 0.05) is 0 Å². The van der Waals surface area contributed by atoms with Crippen molar-refractivity contribution in [2.24, 2.45) is 0 Å². The van der Waals surface area contributed by atoms with E-state index in [-0.39, 0.29) is 5.91 Å². The third-order valence-corrected chi connectivity index (χ3v) is 6.83. The van der Waals surface area contributed by atoms with Crippen LogP contribution in [0.1, 0.15) is 43.1 Å². The first-order valence-corrected chi connectivity index (χ1v) is 12.2. The van der Waals surface area contributed by atoms with Crippen molar-refractivity contribution >= 4 is 23.4 Å². The van der Waals surface area contributed by atoms with Gasteiger partial charge in [-0.05, 0) is 50.6 Å². The minimum Gasteiger partial charge on any atom is -0.324 e. The summed E-state index contributed by atoms with van der Waals surface area (Å²) in [6.07, 6.45) is 3.72. The topological polar surface area (TPSA) is 86.8 Å². The molecule has 0 bridgehead atoms. The molecule has 3 aromatic rings. The van der Waals surface area contributed by atoms with Crippen molar-refractivity contribution < 1.29 is 4.79 Å². The molecule has 1 saturated heterocycles. The van der Waals surface area contributed by atoms with E-state index in [1.165, 1.54) is 36.6 Å². The molecular formula is C25H28N6OS. The van der Waals surface area contributed by atoms with Crippen LogP contribution in [0.4, 0.5) is 5.69 Å². The molecule has 1 aliphatic rings. The second kappa shape index (κ2) is 11.1. The summed E-state index contributed by atoms with van der Waals surface area (Å²) in [5.74, 6) is 0.750. The maximum Gasteiger partial charge on any atom is 0.237 e. The van der Waals surface area contributed by atoms with Gasteiger partial charge in [-0.2, -0.15) is 5.26 Å². The summed E-state index contributed by atoms with van der Waals surface area (Å²) in [6.45, 7) is 5.43. The lowest BCUT2D eigenvalue weighted by molar-refractivity contribution is -0.115. The van der Waals surface area contributed by atoms with E-state index < -0.39 is 5.25 Å². The number of amides is 1. The van der Waals surface area contributed by atoms with Crippen molar-refractivity contribution in [3.05, 3.63) is 71.5 Å². The van der Waals surface area contributed by atoms with Crippen LogP contribution < -0.4 is 5.32 Å². The molecular weight excluding hydrogens is 432 g/mol. The van der Waals surface area contributed by atoms with Crippen LogP contribution in [0, 0.1) is 11.3 Å². The molecule has 8 heteroatoms. The molecule has 7 nitrogen and oxygen atoms in total. The van der Waals surface area contributed by atoms with Gasteiger partial charge < -0.3 is 9.88 Å². The number of hydrogen-bond donors (Lipinski definition) is 1. The summed E-state index contributed by atoms with van der Waals surface area (Å²) in [5, 5.41) is 21.4. The predicted octanol–water partition coefficient (Wildman–Crippen LogP) is 4.30. The molecule has 0 unspecified atom stereocenters. The summed E-state index contributed by atoms with van der Waals surface area (Å²) in [7, 11) is 0. The summed E-state index contributed by atoms with van der Waals surface area (Å²) in [6, 6.07) is 19.4. The van der Waals surface area contributed by atoms with Gasteiger partial charge in [0.05, 0.1) is 29.6 Å². The van der Waals surface area contributed by atoms with Gasteiger partial charge in [0.2, 0.25) is 5.91 Å². The molecule has 0 aliphatic carbocycles. The van der Waals surface area contributed by atoms with Crippen molar-refractivity contribution in [2.75, 3.05) is 18.4 Å². The van der Waals surface area contributed by atoms with E-state index >= 15 is 0 Å². The summed E-state index contributed by atoms with van der Waals surface area (Å²) in [5.41, 5.74) is 2.13. The quantitative estimate of drug-likeness (QED) is 0.504. The first kappa shape index (κ1) is 23.0. The number of nitrogens with one attached hydrogen (secondary N) is 1. The summed E-state index contributed by atoms with van der Waals surface area (Å²) < 4.78 is 2.13. The smallest absolute Gasteiger partial charge is 0.237 e.